The van der Waals surface area contributed by atoms with Gasteiger partial charge in [-0.05, 0) is 24.5 Å². The van der Waals surface area contributed by atoms with Gasteiger partial charge in [-0.25, -0.2) is 0 Å². The molecule has 2 heterocycles. The molecule has 0 atom stereocenters. The topological polar surface area (TPSA) is 74.7 Å². The monoisotopic (exact) mass is 472 g/mol. The van der Waals surface area contributed by atoms with E-state index >= 15 is 0 Å². The highest BCUT2D eigenvalue weighted by atomic mass is 16.2. The fraction of sp³-hybridized carbons (Fsp3) is 0.321. The van der Waals surface area contributed by atoms with Crippen LogP contribution < -0.4 is 10.7 Å². The minimum atomic E-state index is -0.521. The SMILES string of the molecule is CNC(=O)c1cn(CCc2ccccc2)cc(C(=O)N2CCN(Cc3cccc(C)c3)CC2)c1=O. The van der Waals surface area contributed by atoms with Gasteiger partial charge >= 0.3 is 0 Å². The second-order valence-corrected chi connectivity index (χ2v) is 9.02. The minimum Gasteiger partial charge on any atom is -0.355 e. The van der Waals surface area contributed by atoms with Crippen LogP contribution in [0.3, 0.4) is 0 Å². The molecule has 1 fully saturated rings. The van der Waals surface area contributed by atoms with Crippen LogP contribution in [0.1, 0.15) is 37.4 Å². The minimum absolute atomic E-state index is 0.00973. The van der Waals surface area contributed by atoms with Gasteiger partial charge in [0.1, 0.15) is 11.1 Å². The lowest BCUT2D eigenvalue weighted by Gasteiger charge is -2.34. The summed E-state index contributed by atoms with van der Waals surface area (Å²) in [6, 6.07) is 18.4. The van der Waals surface area contributed by atoms with Gasteiger partial charge in [0.15, 0.2) is 0 Å². The summed E-state index contributed by atoms with van der Waals surface area (Å²) in [7, 11) is 1.48. The summed E-state index contributed by atoms with van der Waals surface area (Å²) in [5.41, 5.74) is 3.15. The number of piperazine rings is 1. The molecular formula is C28H32N4O3. The Kier molecular flexibility index (Phi) is 7.77. The first kappa shape index (κ1) is 24.4. The van der Waals surface area contributed by atoms with Crippen LogP contribution in [0, 0.1) is 6.92 Å². The second-order valence-electron chi connectivity index (χ2n) is 9.02. The van der Waals surface area contributed by atoms with E-state index in [0.717, 1.165) is 31.6 Å². The van der Waals surface area contributed by atoms with Crippen molar-refractivity contribution in [1.29, 1.82) is 0 Å². The predicted molar refractivity (Wildman–Crippen MR) is 137 cm³/mol. The Bertz CT molecular complexity index is 1240. The lowest BCUT2D eigenvalue weighted by atomic mass is 10.1. The van der Waals surface area contributed by atoms with Crippen molar-refractivity contribution in [3.8, 4) is 0 Å². The number of nitrogens with one attached hydrogen (secondary N) is 1. The standard InChI is InChI=1S/C28H32N4O3/c1-21-7-6-10-23(17-21)18-30-13-15-32(16-14-30)28(35)25-20-31(12-11-22-8-4-3-5-9-22)19-24(26(25)33)27(34)29-2/h3-10,17,19-20H,11-16,18H2,1-2H3,(H,29,34). The third-order valence-corrected chi connectivity index (χ3v) is 6.43. The van der Waals surface area contributed by atoms with Crippen LogP contribution in [0.15, 0.2) is 71.8 Å². The zero-order chi connectivity index (χ0) is 24.8. The number of hydrogen-bond donors (Lipinski definition) is 1. The normalized spacial score (nSPS) is 14.1. The Morgan fingerprint density at radius 3 is 2.26 bits per heavy atom. The van der Waals surface area contributed by atoms with E-state index in [9.17, 15) is 14.4 Å². The van der Waals surface area contributed by atoms with Crippen molar-refractivity contribution >= 4 is 11.8 Å². The molecule has 1 aromatic heterocycles. The largest absolute Gasteiger partial charge is 0.355 e. The number of rotatable bonds is 7. The molecule has 0 bridgehead atoms. The second kappa shape index (κ2) is 11.1. The quantitative estimate of drug-likeness (QED) is 0.574. The molecule has 0 spiro atoms. The van der Waals surface area contributed by atoms with Gasteiger partial charge in [-0.3, -0.25) is 19.3 Å². The Labute approximate surface area is 206 Å². The molecule has 0 unspecified atom stereocenters. The van der Waals surface area contributed by atoms with Gasteiger partial charge in [0.05, 0.1) is 0 Å². The number of carbonyl (C=O) groups excluding carboxylic acids is 2. The van der Waals surface area contributed by atoms with Gasteiger partial charge in [-0.1, -0.05) is 60.2 Å². The van der Waals surface area contributed by atoms with Crippen molar-refractivity contribution in [3.05, 3.63) is 105 Å². The van der Waals surface area contributed by atoms with E-state index in [1.807, 2.05) is 30.3 Å². The molecule has 7 heteroatoms. The van der Waals surface area contributed by atoms with E-state index in [2.05, 4.69) is 41.4 Å². The van der Waals surface area contributed by atoms with Crippen molar-refractivity contribution in [2.24, 2.45) is 0 Å². The molecule has 7 nitrogen and oxygen atoms in total. The molecule has 1 N–H and O–H groups in total. The summed E-state index contributed by atoms with van der Waals surface area (Å²) >= 11 is 0. The van der Waals surface area contributed by atoms with Crippen LogP contribution in [0.4, 0.5) is 0 Å². The summed E-state index contributed by atoms with van der Waals surface area (Å²) in [6.07, 6.45) is 3.86. The Balaban J connectivity index is 1.49. The number of benzene rings is 2. The van der Waals surface area contributed by atoms with E-state index in [4.69, 9.17) is 0 Å². The van der Waals surface area contributed by atoms with Gasteiger partial charge in [-0.2, -0.15) is 0 Å². The molecule has 1 aliphatic rings. The first-order valence-corrected chi connectivity index (χ1v) is 12.0. The van der Waals surface area contributed by atoms with Crippen LogP contribution in [0.2, 0.25) is 0 Å². The van der Waals surface area contributed by atoms with Crippen molar-refractivity contribution in [3.63, 3.8) is 0 Å². The van der Waals surface area contributed by atoms with E-state index in [0.29, 0.717) is 19.6 Å². The molecule has 0 aliphatic carbocycles. The number of amides is 2. The first-order valence-electron chi connectivity index (χ1n) is 12.0. The summed E-state index contributed by atoms with van der Waals surface area (Å²) in [6.45, 7) is 6.02. The van der Waals surface area contributed by atoms with E-state index in [1.165, 1.54) is 18.2 Å². The summed E-state index contributed by atoms with van der Waals surface area (Å²) in [5.74, 6) is -0.800. The van der Waals surface area contributed by atoms with Crippen molar-refractivity contribution in [2.75, 3.05) is 33.2 Å². The highest BCUT2D eigenvalue weighted by Crippen LogP contribution is 2.13. The number of aromatic nitrogens is 1. The summed E-state index contributed by atoms with van der Waals surface area (Å²) < 4.78 is 1.78. The number of nitrogens with zero attached hydrogens (tertiary/aromatic N) is 3. The average Bonchev–Trinajstić information content (AvgIpc) is 2.88. The van der Waals surface area contributed by atoms with Crippen molar-refractivity contribution in [2.45, 2.75) is 26.4 Å². The number of hydrogen-bond acceptors (Lipinski definition) is 4. The highest BCUT2D eigenvalue weighted by Gasteiger charge is 2.26. The summed E-state index contributed by atoms with van der Waals surface area (Å²) in [4.78, 5) is 42.9. The first-order chi connectivity index (χ1) is 16.9. The highest BCUT2D eigenvalue weighted by molar-refractivity contribution is 5.99. The molecule has 2 aromatic carbocycles. The molecule has 35 heavy (non-hydrogen) atoms. The molecule has 2 amide bonds. The van der Waals surface area contributed by atoms with Gasteiger partial charge < -0.3 is 14.8 Å². The molecule has 4 rings (SSSR count). The molecule has 1 aliphatic heterocycles. The smallest absolute Gasteiger partial charge is 0.259 e. The number of aryl methyl sites for hydroxylation is 3. The third kappa shape index (κ3) is 6.05. The number of pyridine rings is 1. The van der Waals surface area contributed by atoms with Crippen LogP contribution in [-0.4, -0.2) is 59.4 Å². The lowest BCUT2D eigenvalue weighted by Crippen LogP contribution is -2.49. The molecule has 0 radical (unpaired) electrons. The van der Waals surface area contributed by atoms with E-state index in [1.54, 1.807) is 21.9 Å². The van der Waals surface area contributed by atoms with Gasteiger partial charge in [0.2, 0.25) is 5.43 Å². The zero-order valence-corrected chi connectivity index (χ0v) is 20.4. The molecular weight excluding hydrogens is 440 g/mol. The van der Waals surface area contributed by atoms with E-state index < -0.39 is 11.3 Å². The Morgan fingerprint density at radius 1 is 0.886 bits per heavy atom. The Hall–Kier alpha value is -3.71. The van der Waals surface area contributed by atoms with Gasteiger partial charge in [0, 0.05) is 58.7 Å². The van der Waals surface area contributed by atoms with Crippen molar-refractivity contribution in [1.82, 2.24) is 19.7 Å². The average molecular weight is 473 g/mol. The molecule has 182 valence electrons. The van der Waals surface area contributed by atoms with Crippen LogP contribution >= 0.6 is 0 Å². The Morgan fingerprint density at radius 2 is 1.57 bits per heavy atom. The molecule has 3 aromatic rings. The van der Waals surface area contributed by atoms with Crippen LogP contribution in [0.5, 0.6) is 0 Å². The van der Waals surface area contributed by atoms with Gasteiger partial charge in [0.25, 0.3) is 11.8 Å². The zero-order valence-electron chi connectivity index (χ0n) is 20.4. The molecule has 1 saturated heterocycles. The fourth-order valence-electron chi connectivity index (χ4n) is 4.46. The summed E-state index contributed by atoms with van der Waals surface area (Å²) in [5, 5.41) is 2.52. The van der Waals surface area contributed by atoms with Gasteiger partial charge in [-0.15, -0.1) is 0 Å². The predicted octanol–water partition coefficient (Wildman–Crippen LogP) is 2.72. The maximum Gasteiger partial charge on any atom is 0.259 e. The maximum absolute atomic E-state index is 13.4. The van der Waals surface area contributed by atoms with Crippen LogP contribution in [0.25, 0.3) is 0 Å². The maximum atomic E-state index is 13.4. The lowest BCUT2D eigenvalue weighted by molar-refractivity contribution is 0.0626. The van der Waals surface area contributed by atoms with E-state index in [-0.39, 0.29) is 17.0 Å². The number of carbonyl (C=O) groups is 2. The van der Waals surface area contributed by atoms with Crippen molar-refractivity contribution < 1.29 is 9.59 Å². The fourth-order valence-corrected chi connectivity index (χ4v) is 4.46. The third-order valence-electron chi connectivity index (χ3n) is 6.43. The van der Waals surface area contributed by atoms with Crippen LogP contribution in [-0.2, 0) is 19.5 Å². The molecule has 0 saturated carbocycles.